The predicted octanol–water partition coefficient (Wildman–Crippen LogP) is 4.85. The third kappa shape index (κ3) is 5.89. The van der Waals surface area contributed by atoms with E-state index in [-0.39, 0.29) is 0 Å². The third-order valence-corrected chi connectivity index (χ3v) is 4.34. The zero-order valence-corrected chi connectivity index (χ0v) is 14.9. The van der Waals surface area contributed by atoms with Crippen molar-refractivity contribution in [1.82, 2.24) is 4.90 Å². The predicted molar refractivity (Wildman–Crippen MR) is 98.6 cm³/mol. The highest BCUT2D eigenvalue weighted by Crippen LogP contribution is 2.25. The van der Waals surface area contributed by atoms with E-state index in [1.165, 1.54) is 17.5 Å². The fourth-order valence-corrected chi connectivity index (χ4v) is 2.93. The molecular formula is C20H26ClNO. The van der Waals surface area contributed by atoms with E-state index < -0.39 is 0 Å². The van der Waals surface area contributed by atoms with Crippen molar-refractivity contribution in [3.05, 3.63) is 64.7 Å². The van der Waals surface area contributed by atoms with Crippen LogP contribution in [0.3, 0.4) is 0 Å². The van der Waals surface area contributed by atoms with Crippen LogP contribution in [0.25, 0.3) is 0 Å². The van der Waals surface area contributed by atoms with Gasteiger partial charge < -0.3 is 9.64 Å². The maximum Gasteiger partial charge on any atom is 0.137 e. The largest absolute Gasteiger partial charge is 0.495 e. The molecule has 0 spiro atoms. The molecule has 0 heterocycles. The normalized spacial score (nSPS) is 11.0. The van der Waals surface area contributed by atoms with Crippen molar-refractivity contribution in [2.24, 2.45) is 0 Å². The molecule has 0 aliphatic heterocycles. The quantitative estimate of drug-likeness (QED) is 0.651. The number of benzene rings is 2. The summed E-state index contributed by atoms with van der Waals surface area (Å²) < 4.78 is 5.30. The summed E-state index contributed by atoms with van der Waals surface area (Å²) >= 11 is 6.09. The summed E-state index contributed by atoms with van der Waals surface area (Å²) in [5.74, 6) is 0.760. The minimum Gasteiger partial charge on any atom is -0.495 e. The fraction of sp³-hybridized carbons (Fsp3) is 0.400. The molecule has 0 aliphatic rings. The highest BCUT2D eigenvalue weighted by atomic mass is 35.5. The van der Waals surface area contributed by atoms with E-state index in [0.717, 1.165) is 38.2 Å². The second-order valence-electron chi connectivity index (χ2n) is 5.80. The Balaban J connectivity index is 1.89. The molecule has 0 aromatic heterocycles. The van der Waals surface area contributed by atoms with Gasteiger partial charge in [0.15, 0.2) is 0 Å². The van der Waals surface area contributed by atoms with Gasteiger partial charge in [-0.25, -0.2) is 0 Å². The fourth-order valence-electron chi connectivity index (χ4n) is 2.73. The molecule has 0 bridgehead atoms. The van der Waals surface area contributed by atoms with Gasteiger partial charge in [0.2, 0.25) is 0 Å². The van der Waals surface area contributed by atoms with Gasteiger partial charge in [-0.1, -0.05) is 54.9 Å². The van der Waals surface area contributed by atoms with Crippen molar-refractivity contribution in [3.8, 4) is 5.75 Å². The van der Waals surface area contributed by atoms with E-state index in [1.54, 1.807) is 7.11 Å². The molecule has 0 saturated carbocycles. The highest BCUT2D eigenvalue weighted by Gasteiger charge is 2.07. The SMILES string of the molecule is CCCN(CCc1ccccc1)CCc1ccc(Cl)c(OC)c1. The van der Waals surface area contributed by atoms with E-state index in [9.17, 15) is 0 Å². The number of halogens is 1. The standard InChI is InChI=1S/C20H26ClNO/c1-3-13-22(14-11-17-7-5-4-6-8-17)15-12-18-9-10-19(21)20(16-18)23-2/h4-10,16H,3,11-15H2,1-2H3. The molecule has 0 N–H and O–H groups in total. The van der Waals surface area contributed by atoms with Crippen LogP contribution in [0.4, 0.5) is 0 Å². The van der Waals surface area contributed by atoms with Crippen molar-refractivity contribution >= 4 is 11.6 Å². The van der Waals surface area contributed by atoms with Crippen molar-refractivity contribution < 1.29 is 4.74 Å². The Morgan fingerprint density at radius 1 is 0.913 bits per heavy atom. The Morgan fingerprint density at radius 2 is 1.61 bits per heavy atom. The van der Waals surface area contributed by atoms with Crippen LogP contribution in [0.2, 0.25) is 5.02 Å². The van der Waals surface area contributed by atoms with Crippen molar-refractivity contribution in [1.29, 1.82) is 0 Å². The van der Waals surface area contributed by atoms with Crippen LogP contribution in [-0.4, -0.2) is 31.6 Å². The zero-order chi connectivity index (χ0) is 16.5. The average Bonchev–Trinajstić information content (AvgIpc) is 2.59. The molecule has 0 saturated heterocycles. The Labute approximate surface area is 145 Å². The molecule has 0 amide bonds. The molecule has 2 rings (SSSR count). The lowest BCUT2D eigenvalue weighted by molar-refractivity contribution is 0.281. The summed E-state index contributed by atoms with van der Waals surface area (Å²) in [6, 6.07) is 16.8. The number of methoxy groups -OCH3 is 1. The molecule has 0 atom stereocenters. The van der Waals surface area contributed by atoms with Crippen LogP contribution in [-0.2, 0) is 12.8 Å². The first kappa shape index (κ1) is 17.8. The molecule has 23 heavy (non-hydrogen) atoms. The Bertz CT molecular complexity index is 585. The van der Waals surface area contributed by atoms with E-state index >= 15 is 0 Å². The lowest BCUT2D eigenvalue weighted by Crippen LogP contribution is -2.29. The molecule has 2 aromatic rings. The molecule has 2 nitrogen and oxygen atoms in total. The molecule has 0 aliphatic carbocycles. The topological polar surface area (TPSA) is 12.5 Å². The first-order valence-electron chi connectivity index (χ1n) is 8.31. The van der Waals surface area contributed by atoms with Gasteiger partial charge in [-0.3, -0.25) is 0 Å². The smallest absolute Gasteiger partial charge is 0.137 e. The van der Waals surface area contributed by atoms with Gasteiger partial charge >= 0.3 is 0 Å². The number of ether oxygens (including phenoxy) is 1. The summed E-state index contributed by atoms with van der Waals surface area (Å²) in [7, 11) is 1.66. The number of hydrogen-bond donors (Lipinski definition) is 0. The van der Waals surface area contributed by atoms with Crippen LogP contribution in [0.1, 0.15) is 24.5 Å². The van der Waals surface area contributed by atoms with E-state index in [0.29, 0.717) is 5.02 Å². The van der Waals surface area contributed by atoms with E-state index in [2.05, 4.69) is 48.2 Å². The third-order valence-electron chi connectivity index (χ3n) is 4.03. The average molecular weight is 332 g/mol. The molecule has 0 radical (unpaired) electrons. The molecule has 0 fully saturated rings. The zero-order valence-electron chi connectivity index (χ0n) is 14.1. The van der Waals surface area contributed by atoms with E-state index in [1.807, 2.05) is 12.1 Å². The molecule has 124 valence electrons. The minimum absolute atomic E-state index is 0.672. The number of nitrogens with zero attached hydrogens (tertiary/aromatic N) is 1. The molecule has 3 heteroatoms. The van der Waals surface area contributed by atoms with Crippen LogP contribution in [0.15, 0.2) is 48.5 Å². The van der Waals surface area contributed by atoms with Gasteiger partial charge in [0.1, 0.15) is 5.75 Å². The van der Waals surface area contributed by atoms with Crippen LogP contribution in [0, 0.1) is 0 Å². The number of rotatable bonds is 9. The van der Waals surface area contributed by atoms with Gasteiger partial charge in [-0.05, 0) is 49.1 Å². The van der Waals surface area contributed by atoms with Gasteiger partial charge in [-0.15, -0.1) is 0 Å². The van der Waals surface area contributed by atoms with Crippen molar-refractivity contribution in [2.45, 2.75) is 26.2 Å². The summed E-state index contributed by atoms with van der Waals surface area (Å²) in [5.41, 5.74) is 2.67. The van der Waals surface area contributed by atoms with Gasteiger partial charge in [-0.2, -0.15) is 0 Å². The van der Waals surface area contributed by atoms with Gasteiger partial charge in [0.25, 0.3) is 0 Å². The summed E-state index contributed by atoms with van der Waals surface area (Å²) in [6.45, 7) is 5.53. The van der Waals surface area contributed by atoms with Gasteiger partial charge in [0, 0.05) is 13.1 Å². The van der Waals surface area contributed by atoms with Gasteiger partial charge in [0.05, 0.1) is 12.1 Å². The first-order valence-corrected chi connectivity index (χ1v) is 8.69. The summed E-state index contributed by atoms with van der Waals surface area (Å²) in [6.07, 6.45) is 3.30. The lowest BCUT2D eigenvalue weighted by atomic mass is 10.1. The summed E-state index contributed by atoms with van der Waals surface area (Å²) in [5, 5.41) is 0.672. The Hall–Kier alpha value is -1.51. The summed E-state index contributed by atoms with van der Waals surface area (Å²) in [4.78, 5) is 2.54. The monoisotopic (exact) mass is 331 g/mol. The van der Waals surface area contributed by atoms with Crippen LogP contribution in [0.5, 0.6) is 5.75 Å². The Kier molecular flexibility index (Phi) is 7.44. The lowest BCUT2D eigenvalue weighted by Gasteiger charge is -2.22. The maximum atomic E-state index is 6.09. The van der Waals surface area contributed by atoms with E-state index in [4.69, 9.17) is 16.3 Å². The van der Waals surface area contributed by atoms with Crippen LogP contribution >= 0.6 is 11.6 Å². The molecule has 2 aromatic carbocycles. The number of hydrogen-bond acceptors (Lipinski definition) is 2. The second-order valence-corrected chi connectivity index (χ2v) is 6.20. The van der Waals surface area contributed by atoms with Crippen molar-refractivity contribution in [2.75, 3.05) is 26.7 Å². The van der Waals surface area contributed by atoms with Crippen molar-refractivity contribution in [3.63, 3.8) is 0 Å². The molecule has 0 unspecified atom stereocenters. The highest BCUT2D eigenvalue weighted by molar-refractivity contribution is 6.32. The maximum absolute atomic E-state index is 6.09. The molecular weight excluding hydrogens is 306 g/mol. The second kappa shape index (κ2) is 9.59. The minimum atomic E-state index is 0.672. The Morgan fingerprint density at radius 3 is 2.26 bits per heavy atom. The first-order chi connectivity index (χ1) is 11.2. The van der Waals surface area contributed by atoms with Crippen LogP contribution < -0.4 is 4.74 Å².